The number of hydrogen-bond acceptors (Lipinski definition) is 2. The van der Waals surface area contributed by atoms with Gasteiger partial charge in [-0.3, -0.25) is 9.89 Å². The molecule has 0 aliphatic rings. The van der Waals surface area contributed by atoms with E-state index < -0.39 is 0 Å². The summed E-state index contributed by atoms with van der Waals surface area (Å²) in [6.07, 6.45) is 1.56. The molecule has 1 heterocycles. The van der Waals surface area contributed by atoms with Crippen molar-refractivity contribution in [1.82, 2.24) is 15.1 Å². The van der Waals surface area contributed by atoms with Gasteiger partial charge in [0, 0.05) is 24.7 Å². The van der Waals surface area contributed by atoms with E-state index in [4.69, 9.17) is 11.6 Å². The number of alkyl halides is 1. The van der Waals surface area contributed by atoms with Gasteiger partial charge in [0.05, 0.1) is 0 Å². The van der Waals surface area contributed by atoms with Crippen molar-refractivity contribution in [3.8, 4) is 0 Å². The van der Waals surface area contributed by atoms with Crippen LogP contribution in [0.5, 0.6) is 0 Å². The predicted octanol–water partition coefficient (Wildman–Crippen LogP) is 1.50. The molecule has 0 radical (unpaired) electrons. The van der Waals surface area contributed by atoms with E-state index in [1.54, 1.807) is 17.2 Å². The average molecular weight is 216 g/mol. The number of aromatic nitrogens is 2. The highest BCUT2D eigenvalue weighted by molar-refractivity contribution is 6.18. The van der Waals surface area contributed by atoms with Crippen LogP contribution in [-0.2, 0) is 0 Å². The maximum atomic E-state index is 11.8. The van der Waals surface area contributed by atoms with Crippen molar-refractivity contribution >= 4 is 17.5 Å². The molecule has 1 N–H and O–H groups in total. The lowest BCUT2D eigenvalue weighted by molar-refractivity contribution is 0.0712. The van der Waals surface area contributed by atoms with Gasteiger partial charge in [-0.2, -0.15) is 5.10 Å². The number of H-pyrrole nitrogens is 1. The smallest absolute Gasteiger partial charge is 0.272 e. The number of rotatable bonds is 4. The molecule has 0 bridgehead atoms. The zero-order valence-electron chi connectivity index (χ0n) is 8.33. The molecular formula is C9H14ClN3O. The van der Waals surface area contributed by atoms with Crippen molar-refractivity contribution in [3.63, 3.8) is 0 Å². The summed E-state index contributed by atoms with van der Waals surface area (Å²) < 4.78 is 0. The van der Waals surface area contributed by atoms with Crippen LogP contribution >= 0.6 is 11.6 Å². The summed E-state index contributed by atoms with van der Waals surface area (Å²) in [6, 6.07) is 1.80. The van der Waals surface area contributed by atoms with Crippen LogP contribution in [0.3, 0.4) is 0 Å². The second-order valence-electron chi connectivity index (χ2n) is 3.25. The molecule has 1 aromatic rings. The van der Waals surface area contributed by atoms with Crippen LogP contribution in [0.2, 0.25) is 0 Å². The fraction of sp³-hybridized carbons (Fsp3) is 0.556. The lowest BCUT2D eigenvalue weighted by Gasteiger charge is -2.25. The number of nitrogens with one attached hydrogen (secondary N) is 1. The molecule has 0 saturated heterocycles. The first-order valence-electron chi connectivity index (χ1n) is 4.53. The fourth-order valence-corrected chi connectivity index (χ4v) is 1.40. The molecule has 0 atom stereocenters. The molecule has 78 valence electrons. The summed E-state index contributed by atoms with van der Waals surface area (Å²) in [5, 5.41) is 6.39. The topological polar surface area (TPSA) is 49.0 Å². The Labute approximate surface area is 88.2 Å². The molecule has 0 fully saturated rings. The Bertz CT molecular complexity index is 284. The quantitative estimate of drug-likeness (QED) is 0.774. The third-order valence-corrected chi connectivity index (χ3v) is 2.11. The van der Waals surface area contributed by atoms with Crippen molar-refractivity contribution < 1.29 is 4.79 Å². The van der Waals surface area contributed by atoms with Crippen molar-refractivity contribution in [2.45, 2.75) is 19.9 Å². The van der Waals surface area contributed by atoms with E-state index in [1.807, 2.05) is 13.8 Å². The third-order valence-electron chi connectivity index (χ3n) is 1.94. The third kappa shape index (κ3) is 2.48. The van der Waals surface area contributed by atoms with Gasteiger partial charge in [0.2, 0.25) is 0 Å². The van der Waals surface area contributed by atoms with Gasteiger partial charge in [-0.05, 0) is 19.9 Å². The summed E-state index contributed by atoms with van der Waals surface area (Å²) in [4.78, 5) is 13.5. The van der Waals surface area contributed by atoms with Crippen LogP contribution in [-0.4, -0.2) is 39.5 Å². The van der Waals surface area contributed by atoms with E-state index in [-0.39, 0.29) is 11.9 Å². The van der Waals surface area contributed by atoms with Gasteiger partial charge in [0.1, 0.15) is 5.69 Å². The van der Waals surface area contributed by atoms with E-state index in [1.165, 1.54) is 0 Å². The van der Waals surface area contributed by atoms with Gasteiger partial charge < -0.3 is 4.90 Å². The molecule has 0 aliphatic heterocycles. The second-order valence-corrected chi connectivity index (χ2v) is 3.63. The van der Waals surface area contributed by atoms with Gasteiger partial charge in [-0.25, -0.2) is 0 Å². The molecule has 0 aliphatic carbocycles. The standard InChI is InChI=1S/C9H14ClN3O/c1-7(2)13(6-4-10)9(14)8-3-5-11-12-8/h3,5,7H,4,6H2,1-2H3,(H,11,12). The molecular weight excluding hydrogens is 202 g/mol. The summed E-state index contributed by atoms with van der Waals surface area (Å²) in [6.45, 7) is 4.47. The second kappa shape index (κ2) is 5.00. The van der Waals surface area contributed by atoms with Crippen molar-refractivity contribution in [2.24, 2.45) is 0 Å². The number of aromatic amines is 1. The minimum absolute atomic E-state index is 0.0573. The first kappa shape index (κ1) is 11.0. The van der Waals surface area contributed by atoms with E-state index >= 15 is 0 Å². The minimum atomic E-state index is -0.0573. The van der Waals surface area contributed by atoms with Gasteiger partial charge in [-0.15, -0.1) is 11.6 Å². The van der Waals surface area contributed by atoms with Crippen LogP contribution in [0, 0.1) is 0 Å². The number of amides is 1. The molecule has 1 aromatic heterocycles. The fourth-order valence-electron chi connectivity index (χ4n) is 1.22. The summed E-state index contributed by atoms with van der Waals surface area (Å²) in [7, 11) is 0. The molecule has 0 unspecified atom stereocenters. The van der Waals surface area contributed by atoms with E-state index in [0.717, 1.165) is 0 Å². The maximum absolute atomic E-state index is 11.8. The molecule has 0 aromatic carbocycles. The Morgan fingerprint density at radius 1 is 1.71 bits per heavy atom. The lowest BCUT2D eigenvalue weighted by atomic mass is 10.3. The Kier molecular flexibility index (Phi) is 3.95. The highest BCUT2D eigenvalue weighted by atomic mass is 35.5. The van der Waals surface area contributed by atoms with Crippen molar-refractivity contribution in [3.05, 3.63) is 18.0 Å². The molecule has 0 spiro atoms. The Morgan fingerprint density at radius 3 is 2.86 bits per heavy atom. The van der Waals surface area contributed by atoms with Crippen molar-refractivity contribution in [2.75, 3.05) is 12.4 Å². The van der Waals surface area contributed by atoms with Gasteiger partial charge >= 0.3 is 0 Å². The summed E-state index contributed by atoms with van der Waals surface area (Å²) in [5.41, 5.74) is 0.504. The van der Waals surface area contributed by atoms with Gasteiger partial charge in [-0.1, -0.05) is 0 Å². The number of halogens is 1. The van der Waals surface area contributed by atoms with Gasteiger partial charge in [0.15, 0.2) is 0 Å². The lowest BCUT2D eigenvalue weighted by Crippen LogP contribution is -2.38. The summed E-state index contributed by atoms with van der Waals surface area (Å²) >= 11 is 5.63. The number of carbonyl (C=O) groups is 1. The first-order chi connectivity index (χ1) is 6.66. The first-order valence-corrected chi connectivity index (χ1v) is 5.06. The maximum Gasteiger partial charge on any atom is 0.272 e. The summed E-state index contributed by atoms with van der Waals surface area (Å²) in [5.74, 6) is 0.385. The molecule has 4 nitrogen and oxygen atoms in total. The zero-order chi connectivity index (χ0) is 10.6. The van der Waals surface area contributed by atoms with E-state index in [0.29, 0.717) is 18.1 Å². The molecule has 5 heteroatoms. The molecule has 1 amide bonds. The number of nitrogens with zero attached hydrogens (tertiary/aromatic N) is 2. The molecule has 0 saturated carbocycles. The Hall–Kier alpha value is -1.03. The highest BCUT2D eigenvalue weighted by Crippen LogP contribution is 2.05. The van der Waals surface area contributed by atoms with Crippen LogP contribution in [0.25, 0.3) is 0 Å². The average Bonchev–Trinajstić information content (AvgIpc) is 2.65. The number of carbonyl (C=O) groups excluding carboxylic acids is 1. The molecule has 1 rings (SSSR count). The number of hydrogen-bond donors (Lipinski definition) is 1. The Morgan fingerprint density at radius 2 is 2.43 bits per heavy atom. The van der Waals surface area contributed by atoms with Crippen molar-refractivity contribution in [1.29, 1.82) is 0 Å². The van der Waals surface area contributed by atoms with Crippen LogP contribution in [0.4, 0.5) is 0 Å². The highest BCUT2D eigenvalue weighted by Gasteiger charge is 2.18. The monoisotopic (exact) mass is 215 g/mol. The van der Waals surface area contributed by atoms with Gasteiger partial charge in [0.25, 0.3) is 5.91 Å². The van der Waals surface area contributed by atoms with Crippen LogP contribution in [0.1, 0.15) is 24.3 Å². The molecule has 14 heavy (non-hydrogen) atoms. The normalized spacial score (nSPS) is 10.6. The predicted molar refractivity (Wildman–Crippen MR) is 55.5 cm³/mol. The zero-order valence-corrected chi connectivity index (χ0v) is 9.08. The minimum Gasteiger partial charge on any atom is -0.334 e. The van der Waals surface area contributed by atoms with E-state index in [9.17, 15) is 4.79 Å². The van der Waals surface area contributed by atoms with Crippen LogP contribution in [0.15, 0.2) is 12.3 Å². The van der Waals surface area contributed by atoms with Crippen LogP contribution < -0.4 is 0 Å². The Balaban J connectivity index is 2.74. The largest absolute Gasteiger partial charge is 0.334 e. The van der Waals surface area contributed by atoms with E-state index in [2.05, 4.69) is 10.2 Å². The SMILES string of the molecule is CC(C)N(CCCl)C(=O)c1ccn[nH]1.